The highest BCUT2D eigenvalue weighted by Crippen LogP contribution is 2.38. The van der Waals surface area contributed by atoms with E-state index in [1.54, 1.807) is 0 Å². The summed E-state index contributed by atoms with van der Waals surface area (Å²) < 4.78 is 0. The summed E-state index contributed by atoms with van der Waals surface area (Å²) in [5.74, 6) is -0.768. The maximum absolute atomic E-state index is 12.5. The third kappa shape index (κ3) is 3.90. The fourth-order valence-corrected chi connectivity index (χ4v) is 5.59. The zero-order valence-corrected chi connectivity index (χ0v) is 18.5. The summed E-state index contributed by atoms with van der Waals surface area (Å²) in [6.07, 6.45) is 3.67. The molecule has 4 rings (SSSR count). The van der Waals surface area contributed by atoms with E-state index in [1.807, 2.05) is 5.38 Å². The van der Waals surface area contributed by atoms with Crippen molar-refractivity contribution in [3.05, 3.63) is 34.2 Å². The summed E-state index contributed by atoms with van der Waals surface area (Å²) in [6, 6.07) is 4.25. The second-order valence-corrected chi connectivity index (χ2v) is 9.29. The molecule has 1 aromatic carbocycles. The number of anilines is 1. The smallest absolute Gasteiger partial charge is 0.233 e. The highest BCUT2D eigenvalue weighted by atomic mass is 32.1. The fourth-order valence-electron chi connectivity index (χ4n) is 4.88. The lowest BCUT2D eigenvalue weighted by molar-refractivity contribution is -0.140. The molecule has 2 aromatic rings. The van der Waals surface area contributed by atoms with Crippen LogP contribution in [0.25, 0.3) is 11.3 Å². The van der Waals surface area contributed by atoms with Gasteiger partial charge in [0.25, 0.3) is 0 Å². The van der Waals surface area contributed by atoms with Crippen LogP contribution in [-0.2, 0) is 14.4 Å². The average Bonchev–Trinajstić information content (AvgIpc) is 3.23. The monoisotopic (exact) mass is 425 g/mol. The van der Waals surface area contributed by atoms with E-state index in [0.717, 1.165) is 48.1 Å². The van der Waals surface area contributed by atoms with Crippen LogP contribution in [0.5, 0.6) is 0 Å². The Labute approximate surface area is 180 Å². The molecule has 2 fully saturated rings. The van der Waals surface area contributed by atoms with Gasteiger partial charge in [-0.05, 0) is 44.7 Å². The van der Waals surface area contributed by atoms with Gasteiger partial charge in [0, 0.05) is 23.9 Å². The number of hydrogen-bond acceptors (Lipinski definition) is 5. The topological polar surface area (TPSA) is 79.4 Å². The molecule has 1 aromatic heterocycles. The standard InChI is InChI=1S/C23H27N3O3S/c1-13-10-14(2)20(15(3)11-13)18-12-30-23(24-18)25-19(27)8-9-26-21(28)16-6-4-5-7-17(16)22(26)29/h10-12,16-17H,4-9H2,1-3H3,(H,24,25,27)/t16-,17+. The maximum atomic E-state index is 12.5. The first-order valence-electron chi connectivity index (χ1n) is 10.5. The van der Waals surface area contributed by atoms with E-state index in [1.165, 1.54) is 21.8 Å². The number of fused-ring (bicyclic) bond motifs is 1. The zero-order chi connectivity index (χ0) is 21.4. The number of hydrogen-bond donors (Lipinski definition) is 1. The van der Waals surface area contributed by atoms with E-state index in [4.69, 9.17) is 0 Å². The molecular formula is C23H27N3O3S. The van der Waals surface area contributed by atoms with Crippen molar-refractivity contribution in [3.8, 4) is 11.3 Å². The number of nitrogens with one attached hydrogen (secondary N) is 1. The second-order valence-electron chi connectivity index (χ2n) is 8.44. The SMILES string of the molecule is Cc1cc(C)c(-c2csc(NC(=O)CCN3C(=O)[C@H]4CCCC[C@H]4C3=O)n2)c(C)c1. The molecule has 7 heteroatoms. The van der Waals surface area contributed by atoms with Crippen LogP contribution >= 0.6 is 11.3 Å². The first-order valence-corrected chi connectivity index (χ1v) is 11.4. The Balaban J connectivity index is 1.38. The number of imide groups is 1. The Kier molecular flexibility index (Phi) is 5.73. The zero-order valence-electron chi connectivity index (χ0n) is 17.7. The minimum atomic E-state index is -0.233. The van der Waals surface area contributed by atoms with Crippen LogP contribution in [0.15, 0.2) is 17.5 Å². The molecule has 30 heavy (non-hydrogen) atoms. The number of likely N-dealkylation sites (tertiary alicyclic amines) is 1. The van der Waals surface area contributed by atoms with Crippen LogP contribution in [0.4, 0.5) is 5.13 Å². The number of rotatable bonds is 5. The molecule has 158 valence electrons. The Hall–Kier alpha value is -2.54. The van der Waals surface area contributed by atoms with Gasteiger partial charge in [0.2, 0.25) is 17.7 Å². The third-order valence-electron chi connectivity index (χ3n) is 6.18. The Morgan fingerprint density at radius 2 is 1.70 bits per heavy atom. The molecule has 0 bridgehead atoms. The van der Waals surface area contributed by atoms with Gasteiger partial charge in [-0.1, -0.05) is 30.5 Å². The number of benzene rings is 1. The van der Waals surface area contributed by atoms with Crippen LogP contribution in [0, 0.1) is 32.6 Å². The Morgan fingerprint density at radius 1 is 1.10 bits per heavy atom. The number of carbonyl (C=O) groups excluding carboxylic acids is 3. The van der Waals surface area contributed by atoms with Gasteiger partial charge in [-0.25, -0.2) is 4.98 Å². The summed E-state index contributed by atoms with van der Waals surface area (Å²) in [5.41, 5.74) is 5.46. The van der Waals surface area contributed by atoms with Gasteiger partial charge in [-0.2, -0.15) is 0 Å². The highest BCUT2D eigenvalue weighted by Gasteiger charge is 2.47. The third-order valence-corrected chi connectivity index (χ3v) is 6.94. The fraction of sp³-hybridized carbons (Fsp3) is 0.478. The van der Waals surface area contributed by atoms with Crippen LogP contribution in [0.2, 0.25) is 0 Å². The highest BCUT2D eigenvalue weighted by molar-refractivity contribution is 7.14. The lowest BCUT2D eigenvalue weighted by atomic mass is 9.81. The first kappa shape index (κ1) is 20.7. The summed E-state index contributed by atoms with van der Waals surface area (Å²) in [4.78, 5) is 43.4. The quantitative estimate of drug-likeness (QED) is 0.727. The molecule has 1 N–H and O–H groups in total. The van der Waals surface area contributed by atoms with Crippen LogP contribution in [0.3, 0.4) is 0 Å². The van der Waals surface area contributed by atoms with Crippen molar-refractivity contribution in [1.82, 2.24) is 9.88 Å². The van der Waals surface area contributed by atoms with Crippen molar-refractivity contribution >= 4 is 34.2 Å². The summed E-state index contributed by atoms with van der Waals surface area (Å²) in [5, 5.41) is 5.29. The first-order chi connectivity index (χ1) is 14.3. The lowest BCUT2D eigenvalue weighted by Gasteiger charge is -2.19. The molecule has 2 aliphatic rings. The van der Waals surface area contributed by atoms with E-state index < -0.39 is 0 Å². The molecule has 1 aliphatic carbocycles. The molecule has 2 atom stereocenters. The van der Waals surface area contributed by atoms with Crippen molar-refractivity contribution < 1.29 is 14.4 Å². The largest absolute Gasteiger partial charge is 0.302 e. The molecule has 0 spiro atoms. The summed E-state index contributed by atoms with van der Waals surface area (Å²) >= 11 is 1.38. The van der Waals surface area contributed by atoms with Gasteiger partial charge >= 0.3 is 0 Å². The number of carbonyl (C=O) groups is 3. The van der Waals surface area contributed by atoms with Gasteiger partial charge in [-0.15, -0.1) is 11.3 Å². The number of nitrogens with zero attached hydrogens (tertiary/aromatic N) is 2. The van der Waals surface area contributed by atoms with Gasteiger partial charge in [-0.3, -0.25) is 19.3 Å². The number of thiazole rings is 1. The van der Waals surface area contributed by atoms with Crippen LogP contribution in [0.1, 0.15) is 48.8 Å². The maximum Gasteiger partial charge on any atom is 0.233 e. The van der Waals surface area contributed by atoms with Crippen LogP contribution in [-0.4, -0.2) is 34.2 Å². The predicted octanol–water partition coefficient (Wildman–Crippen LogP) is 4.24. The van der Waals surface area contributed by atoms with Crippen LogP contribution < -0.4 is 5.32 Å². The second kappa shape index (κ2) is 8.30. The van der Waals surface area contributed by atoms with Crippen molar-refractivity contribution in [3.63, 3.8) is 0 Å². The average molecular weight is 426 g/mol. The number of aryl methyl sites for hydroxylation is 3. The lowest BCUT2D eigenvalue weighted by Crippen LogP contribution is -2.34. The van der Waals surface area contributed by atoms with Crippen molar-refractivity contribution in [1.29, 1.82) is 0 Å². The van der Waals surface area contributed by atoms with Crippen molar-refractivity contribution in [2.24, 2.45) is 11.8 Å². The summed E-state index contributed by atoms with van der Waals surface area (Å²) in [7, 11) is 0. The van der Waals surface area contributed by atoms with E-state index in [9.17, 15) is 14.4 Å². The molecule has 0 radical (unpaired) electrons. The molecule has 1 saturated carbocycles. The minimum absolute atomic E-state index is 0.0917. The Morgan fingerprint density at radius 3 is 2.30 bits per heavy atom. The summed E-state index contributed by atoms with van der Waals surface area (Å²) in [6.45, 7) is 6.34. The molecule has 2 heterocycles. The predicted molar refractivity (Wildman–Crippen MR) is 117 cm³/mol. The van der Waals surface area contributed by atoms with Gasteiger partial charge in [0.1, 0.15) is 0 Å². The van der Waals surface area contributed by atoms with Gasteiger partial charge in [0.15, 0.2) is 5.13 Å². The van der Waals surface area contributed by atoms with Gasteiger partial charge in [0.05, 0.1) is 17.5 Å². The van der Waals surface area contributed by atoms with E-state index in [-0.39, 0.29) is 42.5 Å². The number of amides is 3. The molecule has 3 amide bonds. The normalized spacial score (nSPS) is 21.1. The van der Waals surface area contributed by atoms with E-state index in [0.29, 0.717) is 5.13 Å². The molecular weight excluding hydrogens is 398 g/mol. The van der Waals surface area contributed by atoms with E-state index in [2.05, 4.69) is 43.2 Å². The van der Waals surface area contributed by atoms with Crippen molar-refractivity contribution in [2.75, 3.05) is 11.9 Å². The van der Waals surface area contributed by atoms with E-state index >= 15 is 0 Å². The van der Waals surface area contributed by atoms with Gasteiger partial charge < -0.3 is 5.32 Å². The molecule has 6 nitrogen and oxygen atoms in total. The Bertz CT molecular complexity index is 966. The molecule has 1 saturated heterocycles. The minimum Gasteiger partial charge on any atom is -0.302 e. The molecule has 1 aliphatic heterocycles. The molecule has 0 unspecified atom stereocenters. The number of aromatic nitrogens is 1. The van der Waals surface area contributed by atoms with Crippen molar-refractivity contribution in [2.45, 2.75) is 52.9 Å².